The number of nitrogens with zero attached hydrogens (tertiary/aromatic N) is 2. The minimum Gasteiger partial charge on any atom is -0.506 e. The molecule has 2 aromatic carbocycles. The molecular weight excluding hydrogens is 477 g/mol. The molecule has 0 aliphatic heterocycles. The largest absolute Gasteiger partial charge is 0.506 e. The maximum Gasteiger partial charge on any atom is 0.419 e. The molecule has 1 amide bonds. The third-order valence-corrected chi connectivity index (χ3v) is 5.61. The summed E-state index contributed by atoms with van der Waals surface area (Å²) < 4.78 is 51.2. The smallest absolute Gasteiger partial charge is 0.419 e. The summed E-state index contributed by atoms with van der Waals surface area (Å²) in [7, 11) is 5.33. The van der Waals surface area contributed by atoms with E-state index in [4.69, 9.17) is 9.47 Å². The Hall–Kier alpha value is -3.43. The van der Waals surface area contributed by atoms with Gasteiger partial charge in [0.25, 0.3) is 0 Å². The first-order chi connectivity index (χ1) is 16.6. The molecule has 1 aliphatic carbocycles. The summed E-state index contributed by atoms with van der Waals surface area (Å²) in [5.41, 5.74) is -1.51. The number of anilines is 2. The highest BCUT2D eigenvalue weighted by atomic mass is 19.4. The molecule has 7 nitrogen and oxygen atoms in total. The van der Waals surface area contributed by atoms with Crippen LogP contribution in [0, 0.1) is 5.92 Å². The van der Waals surface area contributed by atoms with Gasteiger partial charge in [0.2, 0.25) is 5.91 Å². The third kappa shape index (κ3) is 6.22. The van der Waals surface area contributed by atoms with Crippen LogP contribution >= 0.6 is 0 Å². The molecule has 0 atom stereocenters. The van der Waals surface area contributed by atoms with Gasteiger partial charge in [-0.25, -0.2) is 4.79 Å². The summed E-state index contributed by atoms with van der Waals surface area (Å²) in [4.78, 5) is 28.7. The lowest BCUT2D eigenvalue weighted by molar-refractivity contribution is -0.138. The third-order valence-electron chi connectivity index (χ3n) is 5.61. The highest BCUT2D eigenvalue weighted by Crippen LogP contribution is 2.40. The minimum atomic E-state index is -4.86. The van der Waals surface area contributed by atoms with Crippen molar-refractivity contribution in [3.63, 3.8) is 0 Å². The Morgan fingerprint density at radius 2 is 1.67 bits per heavy atom. The molecule has 0 heterocycles. The Morgan fingerprint density at radius 1 is 1.03 bits per heavy atom. The van der Waals surface area contributed by atoms with Crippen molar-refractivity contribution in [1.29, 1.82) is 0 Å². The van der Waals surface area contributed by atoms with Crippen molar-refractivity contribution in [1.82, 2.24) is 0 Å². The number of aromatic hydroxyl groups is 1. The Balaban J connectivity index is 1.92. The molecule has 0 spiro atoms. The van der Waals surface area contributed by atoms with E-state index in [0.29, 0.717) is 23.2 Å². The summed E-state index contributed by atoms with van der Waals surface area (Å²) >= 11 is 0. The summed E-state index contributed by atoms with van der Waals surface area (Å²) in [6, 6.07) is 6.85. The van der Waals surface area contributed by atoms with E-state index in [0.717, 1.165) is 18.9 Å². The van der Waals surface area contributed by atoms with E-state index < -0.39 is 34.6 Å². The van der Waals surface area contributed by atoms with Gasteiger partial charge in [-0.3, -0.25) is 4.79 Å². The van der Waals surface area contributed by atoms with Crippen LogP contribution in [0.5, 0.6) is 11.5 Å². The monoisotopic (exact) mass is 508 g/mol. The van der Waals surface area contributed by atoms with E-state index >= 15 is 0 Å². The second kappa shape index (κ2) is 9.91. The number of amides is 1. The van der Waals surface area contributed by atoms with Gasteiger partial charge in [0.05, 0.1) is 16.9 Å². The quantitative estimate of drug-likeness (QED) is 0.506. The van der Waals surface area contributed by atoms with Gasteiger partial charge in [0, 0.05) is 38.7 Å². The molecule has 36 heavy (non-hydrogen) atoms. The van der Waals surface area contributed by atoms with Crippen molar-refractivity contribution in [2.45, 2.75) is 52.0 Å². The van der Waals surface area contributed by atoms with Crippen molar-refractivity contribution >= 4 is 23.3 Å². The molecule has 0 aromatic heterocycles. The minimum absolute atomic E-state index is 0.0336. The molecule has 1 saturated carbocycles. The van der Waals surface area contributed by atoms with Crippen molar-refractivity contribution in [3.8, 4) is 11.5 Å². The zero-order chi connectivity index (χ0) is 27.0. The zero-order valence-electron chi connectivity index (χ0n) is 21.2. The molecule has 0 unspecified atom stereocenters. The van der Waals surface area contributed by atoms with Gasteiger partial charge in [-0.15, -0.1) is 0 Å². The molecular formula is C26H31F3N2O5. The number of benzene rings is 2. The molecule has 0 bridgehead atoms. The fraction of sp³-hybridized carbons (Fsp3) is 0.462. The van der Waals surface area contributed by atoms with Crippen LogP contribution in [0.1, 0.15) is 55.1 Å². The Kier molecular flexibility index (Phi) is 7.48. The van der Waals surface area contributed by atoms with Crippen LogP contribution in [-0.4, -0.2) is 43.7 Å². The Bertz CT molecular complexity index is 1150. The van der Waals surface area contributed by atoms with Crippen LogP contribution in [0.3, 0.4) is 0 Å². The van der Waals surface area contributed by atoms with Gasteiger partial charge in [0.15, 0.2) is 0 Å². The average Bonchev–Trinajstić information content (AvgIpc) is 3.59. The lowest BCUT2D eigenvalue weighted by atomic mass is 10.0. The first-order valence-corrected chi connectivity index (χ1v) is 11.5. The standard InChI is InChI=1S/C26H31F3N2O5/c1-25(2,3)36-24(34)21-16(9-11-18(22(21)32)26(27,28)29)14-35-17-10-12-19(20(13-17)30(4)5)31(6)23(33)15-7-8-15/h9-13,15,32H,7-8,14H2,1-6H3. The average molecular weight is 509 g/mol. The first-order valence-electron chi connectivity index (χ1n) is 11.5. The highest BCUT2D eigenvalue weighted by Gasteiger charge is 2.38. The van der Waals surface area contributed by atoms with E-state index in [1.165, 1.54) is 0 Å². The summed E-state index contributed by atoms with van der Waals surface area (Å²) in [5.74, 6) is -1.85. The Labute approximate surface area is 208 Å². The number of phenolic OH excluding ortho intramolecular Hbond substituents is 1. The first kappa shape index (κ1) is 27.2. The van der Waals surface area contributed by atoms with E-state index in [-0.39, 0.29) is 24.0 Å². The van der Waals surface area contributed by atoms with Crippen LogP contribution in [0.15, 0.2) is 30.3 Å². The van der Waals surface area contributed by atoms with Crippen LogP contribution in [-0.2, 0) is 22.3 Å². The topological polar surface area (TPSA) is 79.3 Å². The maximum absolute atomic E-state index is 13.4. The lowest BCUT2D eigenvalue weighted by Crippen LogP contribution is -2.29. The van der Waals surface area contributed by atoms with Gasteiger partial charge in [-0.2, -0.15) is 13.2 Å². The van der Waals surface area contributed by atoms with Gasteiger partial charge in [-0.1, -0.05) is 6.07 Å². The van der Waals surface area contributed by atoms with E-state index in [2.05, 4.69) is 0 Å². The summed E-state index contributed by atoms with van der Waals surface area (Å²) in [6.07, 6.45) is -3.11. The second-order valence-electron chi connectivity index (χ2n) is 10.0. The molecule has 196 valence electrons. The van der Waals surface area contributed by atoms with Gasteiger partial charge in [-0.05, 0) is 51.8 Å². The number of ether oxygens (including phenoxy) is 2. The fourth-order valence-electron chi connectivity index (χ4n) is 3.66. The number of esters is 1. The van der Waals surface area contributed by atoms with Crippen LogP contribution in [0.4, 0.5) is 24.5 Å². The molecule has 3 rings (SSSR count). The highest BCUT2D eigenvalue weighted by molar-refractivity contribution is 5.99. The van der Waals surface area contributed by atoms with Crippen LogP contribution < -0.4 is 14.5 Å². The van der Waals surface area contributed by atoms with Crippen molar-refractivity contribution in [3.05, 3.63) is 47.0 Å². The predicted octanol–water partition coefficient (Wildman–Crippen LogP) is 5.38. The zero-order valence-corrected chi connectivity index (χ0v) is 21.2. The summed E-state index contributed by atoms with van der Waals surface area (Å²) in [6.45, 7) is 4.41. The van der Waals surface area contributed by atoms with E-state index in [1.807, 2.05) is 19.0 Å². The Morgan fingerprint density at radius 3 is 2.19 bits per heavy atom. The number of hydrogen-bond acceptors (Lipinski definition) is 6. The van der Waals surface area contributed by atoms with Crippen molar-refractivity contribution in [2.24, 2.45) is 5.92 Å². The number of carbonyl (C=O) groups is 2. The molecule has 0 saturated heterocycles. The van der Waals surface area contributed by atoms with Gasteiger partial charge >= 0.3 is 12.1 Å². The number of phenols is 1. The normalized spacial score (nSPS) is 13.8. The molecule has 0 radical (unpaired) electrons. The predicted molar refractivity (Wildman–Crippen MR) is 130 cm³/mol. The number of hydrogen-bond donors (Lipinski definition) is 1. The SMILES string of the molecule is CN(C)c1cc(OCc2ccc(C(F)(F)F)c(O)c2C(=O)OC(C)(C)C)ccc1N(C)C(=O)C1CC1. The van der Waals surface area contributed by atoms with E-state index in [1.54, 1.807) is 50.9 Å². The van der Waals surface area contributed by atoms with Crippen LogP contribution in [0.25, 0.3) is 0 Å². The van der Waals surface area contributed by atoms with Crippen molar-refractivity contribution in [2.75, 3.05) is 30.9 Å². The van der Waals surface area contributed by atoms with Crippen molar-refractivity contribution < 1.29 is 37.3 Å². The molecule has 1 aliphatic rings. The fourth-order valence-corrected chi connectivity index (χ4v) is 3.66. The molecule has 1 fully saturated rings. The number of halogens is 3. The van der Waals surface area contributed by atoms with E-state index in [9.17, 15) is 27.9 Å². The lowest BCUT2D eigenvalue weighted by Gasteiger charge is -2.25. The number of rotatable bonds is 7. The van der Waals surface area contributed by atoms with Gasteiger partial charge < -0.3 is 24.4 Å². The number of alkyl halides is 3. The molecule has 2 aromatic rings. The van der Waals surface area contributed by atoms with Gasteiger partial charge in [0.1, 0.15) is 29.3 Å². The van der Waals surface area contributed by atoms with Crippen LogP contribution in [0.2, 0.25) is 0 Å². The summed E-state index contributed by atoms with van der Waals surface area (Å²) in [5, 5.41) is 10.4. The second-order valence-corrected chi connectivity index (χ2v) is 10.0. The maximum atomic E-state index is 13.4. The molecule has 10 heteroatoms. The number of carbonyl (C=O) groups excluding carboxylic acids is 2. The molecule has 1 N–H and O–H groups in total.